The molecule has 0 aliphatic rings. The second kappa shape index (κ2) is 5.18. The summed E-state index contributed by atoms with van der Waals surface area (Å²) in [6.45, 7) is 1.98. The molecule has 4 aromatic heterocycles. The smallest absolute Gasteiger partial charge is 0.213 e. The van der Waals surface area contributed by atoms with Crippen LogP contribution in [0.15, 0.2) is 41.9 Å². The summed E-state index contributed by atoms with van der Waals surface area (Å²) in [6.07, 6.45) is 0. The third-order valence-corrected chi connectivity index (χ3v) is 4.70. The van der Waals surface area contributed by atoms with Gasteiger partial charge in [-0.1, -0.05) is 23.5 Å². The Kier molecular flexibility index (Phi) is 2.95. The Balaban J connectivity index is 1.81. The van der Waals surface area contributed by atoms with Gasteiger partial charge in [-0.25, -0.2) is 9.50 Å². The van der Waals surface area contributed by atoms with E-state index in [9.17, 15) is 0 Å². The van der Waals surface area contributed by atoms with Crippen LogP contribution in [0.4, 0.5) is 0 Å². The van der Waals surface area contributed by atoms with Gasteiger partial charge >= 0.3 is 0 Å². The monoisotopic (exact) mass is 347 g/mol. The van der Waals surface area contributed by atoms with E-state index in [1.54, 1.807) is 10.3 Å². The molecule has 0 saturated heterocycles. The first-order chi connectivity index (χ1) is 12.2. The molecule has 7 nitrogen and oxygen atoms in total. The van der Waals surface area contributed by atoms with Crippen molar-refractivity contribution < 1.29 is 0 Å². The largest absolute Gasteiger partial charge is 0.251 e. The normalized spacial score (nSPS) is 11.6. The van der Waals surface area contributed by atoms with E-state index in [-0.39, 0.29) is 0 Å². The highest BCUT2D eigenvalue weighted by atomic mass is 32.1. The Morgan fingerprint density at radius 1 is 1.00 bits per heavy atom. The van der Waals surface area contributed by atoms with Crippen LogP contribution in [0.25, 0.3) is 38.6 Å². The van der Waals surface area contributed by atoms with Crippen LogP contribution in [0.1, 0.15) is 5.69 Å². The van der Waals surface area contributed by atoms with E-state index < -0.39 is 0 Å². The summed E-state index contributed by atoms with van der Waals surface area (Å²) in [4.78, 5) is 11.8. The Morgan fingerprint density at radius 2 is 1.88 bits per heavy atom. The molecule has 0 amide bonds. The van der Waals surface area contributed by atoms with Crippen molar-refractivity contribution >= 4 is 27.3 Å². The fourth-order valence-electron chi connectivity index (χ4n) is 2.98. The van der Waals surface area contributed by atoms with Crippen molar-refractivity contribution in [2.75, 3.05) is 0 Å². The first kappa shape index (κ1) is 14.2. The van der Waals surface area contributed by atoms with E-state index in [1.165, 1.54) is 11.3 Å². The maximum Gasteiger partial charge on any atom is 0.213 e. The van der Waals surface area contributed by atoms with Crippen LogP contribution in [-0.2, 0) is 7.05 Å². The van der Waals surface area contributed by atoms with Crippen LogP contribution in [0.2, 0.25) is 0 Å². The van der Waals surface area contributed by atoms with Gasteiger partial charge in [-0.15, -0.1) is 0 Å². The highest BCUT2D eigenvalue weighted by Gasteiger charge is 2.19. The lowest BCUT2D eigenvalue weighted by atomic mass is 10.1. The highest BCUT2D eigenvalue weighted by molar-refractivity contribution is 7.14. The standard InChI is InChI=1S/C17H13N7S/c1-10-4-3-5-13(19-10)15-16(24-17(20-15)25-9-18-24)11-6-7-12-14(8-11)22-23(2)21-12/h3-9H,1-2H3. The lowest BCUT2D eigenvalue weighted by molar-refractivity contribution is 0.665. The minimum atomic E-state index is 0.825. The van der Waals surface area contributed by atoms with Crippen molar-refractivity contribution in [2.24, 2.45) is 7.05 Å². The van der Waals surface area contributed by atoms with E-state index >= 15 is 0 Å². The third-order valence-electron chi connectivity index (χ3n) is 4.03. The molecular weight excluding hydrogens is 334 g/mol. The predicted octanol–water partition coefficient (Wildman–Crippen LogP) is 3.11. The quantitative estimate of drug-likeness (QED) is 0.490. The average molecular weight is 347 g/mol. The molecule has 0 bridgehead atoms. The number of fused-ring (bicyclic) bond motifs is 2. The number of benzene rings is 1. The molecule has 0 fully saturated rings. The van der Waals surface area contributed by atoms with Gasteiger partial charge < -0.3 is 0 Å². The molecule has 5 aromatic rings. The number of aromatic nitrogens is 7. The summed E-state index contributed by atoms with van der Waals surface area (Å²) in [6, 6.07) is 12.0. The molecule has 0 atom stereocenters. The number of hydrogen-bond acceptors (Lipinski definition) is 6. The van der Waals surface area contributed by atoms with Gasteiger partial charge in [0.2, 0.25) is 4.96 Å². The Bertz CT molecular complexity index is 1230. The Morgan fingerprint density at radius 3 is 2.76 bits per heavy atom. The van der Waals surface area contributed by atoms with Crippen LogP contribution in [-0.4, -0.2) is 34.6 Å². The molecule has 0 N–H and O–H groups in total. The fourth-order valence-corrected chi connectivity index (χ4v) is 3.59. The van der Waals surface area contributed by atoms with Crippen molar-refractivity contribution in [3.8, 4) is 22.6 Å². The molecule has 5 rings (SSSR count). The lowest BCUT2D eigenvalue weighted by Crippen LogP contribution is -1.93. The molecule has 0 saturated carbocycles. The van der Waals surface area contributed by atoms with Gasteiger partial charge in [0.25, 0.3) is 0 Å². The van der Waals surface area contributed by atoms with E-state index in [0.29, 0.717) is 0 Å². The van der Waals surface area contributed by atoms with Crippen molar-refractivity contribution in [3.63, 3.8) is 0 Å². The number of nitrogens with zero attached hydrogens (tertiary/aromatic N) is 7. The third kappa shape index (κ3) is 2.22. The Labute approximate surface area is 146 Å². The molecule has 4 heterocycles. The zero-order valence-electron chi connectivity index (χ0n) is 13.6. The van der Waals surface area contributed by atoms with Gasteiger partial charge in [0.15, 0.2) is 0 Å². The molecule has 25 heavy (non-hydrogen) atoms. The molecule has 0 aliphatic heterocycles. The van der Waals surface area contributed by atoms with E-state index in [2.05, 4.69) is 20.3 Å². The fraction of sp³-hybridized carbons (Fsp3) is 0.118. The van der Waals surface area contributed by atoms with Gasteiger partial charge in [0, 0.05) is 18.3 Å². The minimum Gasteiger partial charge on any atom is -0.251 e. The first-order valence-corrected chi connectivity index (χ1v) is 8.65. The summed E-state index contributed by atoms with van der Waals surface area (Å²) >= 11 is 1.50. The van der Waals surface area contributed by atoms with Crippen molar-refractivity contribution in [2.45, 2.75) is 6.92 Å². The van der Waals surface area contributed by atoms with Crippen LogP contribution in [0.3, 0.4) is 0 Å². The molecular formula is C17H13N7S. The van der Waals surface area contributed by atoms with Crippen LogP contribution in [0, 0.1) is 6.92 Å². The number of hydrogen-bond donors (Lipinski definition) is 0. The maximum absolute atomic E-state index is 4.76. The number of pyridine rings is 1. The molecule has 122 valence electrons. The first-order valence-electron chi connectivity index (χ1n) is 7.77. The van der Waals surface area contributed by atoms with Gasteiger partial charge in [-0.2, -0.15) is 20.1 Å². The second-order valence-corrected chi connectivity index (χ2v) is 6.61. The van der Waals surface area contributed by atoms with Gasteiger partial charge in [-0.3, -0.25) is 4.98 Å². The van der Waals surface area contributed by atoms with Gasteiger partial charge in [0.1, 0.15) is 27.9 Å². The topological polar surface area (TPSA) is 73.8 Å². The second-order valence-electron chi connectivity index (χ2n) is 5.80. The van der Waals surface area contributed by atoms with Crippen molar-refractivity contribution in [1.29, 1.82) is 0 Å². The predicted molar refractivity (Wildman–Crippen MR) is 96.3 cm³/mol. The van der Waals surface area contributed by atoms with E-state index in [1.807, 2.05) is 54.9 Å². The molecule has 0 radical (unpaired) electrons. The zero-order valence-corrected chi connectivity index (χ0v) is 14.4. The van der Waals surface area contributed by atoms with Gasteiger partial charge in [0.05, 0.1) is 5.69 Å². The van der Waals surface area contributed by atoms with Crippen LogP contribution >= 0.6 is 11.3 Å². The molecule has 0 unspecified atom stereocenters. The molecule has 0 spiro atoms. The van der Waals surface area contributed by atoms with Gasteiger partial charge in [-0.05, 0) is 31.2 Å². The van der Waals surface area contributed by atoms with Crippen LogP contribution < -0.4 is 0 Å². The number of rotatable bonds is 2. The number of aryl methyl sites for hydroxylation is 2. The molecule has 0 aliphatic carbocycles. The molecule has 1 aromatic carbocycles. The summed E-state index contributed by atoms with van der Waals surface area (Å²) in [5.74, 6) is 0. The Hall–Kier alpha value is -3.13. The maximum atomic E-state index is 4.76. The lowest BCUT2D eigenvalue weighted by Gasteiger charge is -2.04. The average Bonchev–Trinajstić information content (AvgIpc) is 3.26. The molecule has 8 heteroatoms. The van der Waals surface area contributed by atoms with Crippen LogP contribution in [0.5, 0.6) is 0 Å². The highest BCUT2D eigenvalue weighted by Crippen LogP contribution is 2.33. The number of imidazole rings is 1. The summed E-state index contributed by atoms with van der Waals surface area (Å²) in [5.41, 5.74) is 8.02. The summed E-state index contributed by atoms with van der Waals surface area (Å²) in [5, 5.41) is 13.2. The van der Waals surface area contributed by atoms with Crippen molar-refractivity contribution in [3.05, 3.63) is 47.6 Å². The van der Waals surface area contributed by atoms with E-state index in [4.69, 9.17) is 4.98 Å². The van der Waals surface area contributed by atoms with E-state index in [0.717, 1.165) is 44.3 Å². The van der Waals surface area contributed by atoms with Crippen molar-refractivity contribution in [1.82, 2.24) is 34.6 Å². The zero-order chi connectivity index (χ0) is 17.0. The summed E-state index contributed by atoms with van der Waals surface area (Å²) in [7, 11) is 1.82. The minimum absolute atomic E-state index is 0.825. The summed E-state index contributed by atoms with van der Waals surface area (Å²) < 4.78 is 1.86. The SMILES string of the molecule is Cc1cccc(-c2nc3scnn3c2-c2ccc3nn(C)nc3c2)n1.